The highest BCUT2D eigenvalue weighted by molar-refractivity contribution is 7.78. The Morgan fingerprint density at radius 3 is 1.44 bits per heavy atom. The molecule has 9 fully saturated rings. The predicted molar refractivity (Wildman–Crippen MR) is 302 cm³/mol. The fourth-order valence-corrected chi connectivity index (χ4v) is 18.5. The lowest BCUT2D eigenvalue weighted by molar-refractivity contribution is -0.148. The SMILES string of the molecule is C1CCOC1.C[C@H](CCC(C)(C)O)[C@H]1CCC2C3CC[C@@H]4CC(=O)CC[C@]4(C)C3CC[C@@]21C.C[C@H](CCC(C)(C)O)[C@H]1CCC2C3CC[C@@H]4C[C@](C)(O)CC[C@]4(C)C3CC[C@@]21C.C[Si](C)(C)C(F)(F)F.FC=S.[2HH]. The molecule has 1 aliphatic heterocycles. The molecular formula is C62H112F4O5SSi. The topological polar surface area (TPSA) is 87.0 Å². The van der Waals surface area contributed by atoms with Crippen molar-refractivity contribution in [1.82, 2.24) is 0 Å². The number of alkyl halides is 3. The Hall–Kier alpha value is -0.463. The molecule has 1 saturated heterocycles. The Labute approximate surface area is 452 Å². The first-order valence-electron chi connectivity index (χ1n) is 29.9. The number of rotatable bonds is 8. The van der Waals surface area contributed by atoms with Crippen LogP contribution in [0.15, 0.2) is 0 Å². The lowest BCUT2D eigenvalue weighted by Gasteiger charge is -2.62. The van der Waals surface area contributed by atoms with E-state index < -0.39 is 30.7 Å². The van der Waals surface area contributed by atoms with E-state index in [1.165, 1.54) is 122 Å². The quantitative estimate of drug-likeness (QED) is 0.0972. The largest absolute Gasteiger partial charge is 0.390 e. The number of hydrogen-bond donors (Lipinski definition) is 3. The number of thiocarbonyl (C=S) groups is 1. The maximum Gasteiger partial charge on any atom is 0.360 e. The van der Waals surface area contributed by atoms with Gasteiger partial charge in [0.15, 0.2) is 8.07 Å². The van der Waals surface area contributed by atoms with Crippen LogP contribution in [0.1, 0.15) is 232 Å². The molecule has 0 radical (unpaired) electrons. The zero-order chi connectivity index (χ0) is 54.8. The highest BCUT2D eigenvalue weighted by atomic mass is 32.1. The summed E-state index contributed by atoms with van der Waals surface area (Å²) in [4.78, 5) is 12.1. The molecule has 8 aliphatic carbocycles. The number of hydrogen-bond acceptors (Lipinski definition) is 6. The zero-order valence-corrected chi connectivity index (χ0v) is 50.8. The first-order chi connectivity index (χ1) is 33.6. The van der Waals surface area contributed by atoms with E-state index >= 15 is 0 Å². The Bertz CT molecular complexity index is 1760. The molecule has 0 amide bonds. The Morgan fingerprint density at radius 1 is 0.658 bits per heavy atom. The first-order valence-corrected chi connectivity index (χ1v) is 33.9. The Kier molecular flexibility index (Phi) is 21.3. The lowest BCUT2D eigenvalue weighted by atomic mass is 9.43. The van der Waals surface area contributed by atoms with Crippen molar-refractivity contribution < 1.29 is 43.8 Å². The smallest absolute Gasteiger partial charge is 0.360 e. The molecule has 3 N–H and O–H groups in total. The van der Waals surface area contributed by atoms with Gasteiger partial charge in [0.25, 0.3) is 0 Å². The van der Waals surface area contributed by atoms with Crippen molar-refractivity contribution >= 4 is 31.7 Å². The molecule has 9 aliphatic rings. The van der Waals surface area contributed by atoms with Crippen molar-refractivity contribution in [3.63, 3.8) is 0 Å². The molecule has 11 heteroatoms. The molecule has 428 valence electrons. The van der Waals surface area contributed by atoms with E-state index in [1.54, 1.807) is 0 Å². The molecule has 8 saturated carbocycles. The van der Waals surface area contributed by atoms with Crippen LogP contribution in [0.25, 0.3) is 0 Å². The number of Topliss-reactive ketones (excluding diaryl/α,β-unsaturated/α-hetero) is 1. The number of halogens is 4. The normalized spacial score (nSPS) is 41.8. The molecule has 0 bridgehead atoms. The van der Waals surface area contributed by atoms with Gasteiger partial charge in [0, 0.05) is 27.5 Å². The average molecular weight is 1070 g/mol. The van der Waals surface area contributed by atoms with Gasteiger partial charge >= 0.3 is 5.80 Å². The third kappa shape index (κ3) is 15.1. The summed E-state index contributed by atoms with van der Waals surface area (Å²) in [5, 5.41) is 31.1. The molecule has 0 spiro atoms. The van der Waals surface area contributed by atoms with Crippen LogP contribution in [0, 0.1) is 92.7 Å². The summed E-state index contributed by atoms with van der Waals surface area (Å²) in [5.41, 5.74) is 0.530. The van der Waals surface area contributed by atoms with Gasteiger partial charge in [-0.05, 0) is 269 Å². The van der Waals surface area contributed by atoms with Crippen LogP contribution in [-0.2, 0) is 9.53 Å². The van der Waals surface area contributed by atoms with E-state index in [0.717, 1.165) is 130 Å². The van der Waals surface area contributed by atoms with E-state index in [0.29, 0.717) is 33.4 Å². The van der Waals surface area contributed by atoms with Crippen LogP contribution < -0.4 is 0 Å². The van der Waals surface area contributed by atoms with E-state index in [1.807, 2.05) is 27.7 Å². The third-order valence-corrected chi connectivity index (χ3v) is 24.8. The summed E-state index contributed by atoms with van der Waals surface area (Å²) >= 11 is 3.60. The summed E-state index contributed by atoms with van der Waals surface area (Å²) in [6.45, 7) is 31.1. The molecule has 6 unspecified atom stereocenters. The van der Waals surface area contributed by atoms with Gasteiger partial charge in [-0.3, -0.25) is 4.79 Å². The number of carbonyl (C=O) groups is 1. The molecule has 0 aromatic carbocycles. The van der Waals surface area contributed by atoms with Crippen molar-refractivity contribution in [2.45, 2.75) is 273 Å². The minimum Gasteiger partial charge on any atom is -0.390 e. The van der Waals surface area contributed by atoms with E-state index in [4.69, 9.17) is 4.74 Å². The molecular weight excluding hydrogens is 961 g/mol. The van der Waals surface area contributed by atoms with Crippen LogP contribution in [-0.4, -0.2) is 70.6 Å². The van der Waals surface area contributed by atoms with Crippen LogP contribution in [0.3, 0.4) is 0 Å². The van der Waals surface area contributed by atoms with Crippen LogP contribution in [0.4, 0.5) is 17.6 Å². The van der Waals surface area contributed by atoms with Crippen LogP contribution in [0.5, 0.6) is 0 Å². The zero-order valence-electron chi connectivity index (χ0n) is 49.0. The summed E-state index contributed by atoms with van der Waals surface area (Å²) in [7, 11) is -2.86. The molecule has 73 heavy (non-hydrogen) atoms. The minimum atomic E-state index is -3.92. The minimum absolute atomic E-state index is 0. The van der Waals surface area contributed by atoms with Crippen molar-refractivity contribution in [3.8, 4) is 0 Å². The molecule has 1 heterocycles. The standard InChI is InChI=1S/C27H48O2.C26H44O2.C4H9F3Si.C4H8O.CHFS.H2/c1-18(11-13-24(2,3)28)21-9-10-22-20-8-7-19-17-25(4,29)15-16-26(19,5)23(20)12-14-27(21,22)6;1-17(10-13-24(2,3)28)21-8-9-22-20-7-6-18-16-19(27)11-14-25(18,4)23(20)12-15-26(21,22)5;1-8(2,3)4(5,6)7;1-2-4-5-3-1;2-1-3;/h18-23,28-29H,7-17H2,1-6H3;17-18,20-23,28H,6-16H2,1-5H3;1-3H3;1-4H2;1H;1H/t18-,19-,20?,21-,22?,23?,25-,26+,27-;17-,18-,20?,21-,22?,23?,25+,26-;;;;/m11..../s1/i;;;;;1+1. The van der Waals surface area contributed by atoms with Crippen molar-refractivity contribution in [2.75, 3.05) is 13.2 Å². The number of carbonyl (C=O) groups excluding carboxylic acids is 1. The summed E-state index contributed by atoms with van der Waals surface area (Å²) in [6.07, 6.45) is 29.6. The highest BCUT2D eigenvalue weighted by Crippen LogP contribution is 2.70. The van der Waals surface area contributed by atoms with Crippen molar-refractivity contribution in [3.05, 3.63) is 0 Å². The second kappa shape index (κ2) is 24.5. The van der Waals surface area contributed by atoms with Gasteiger partial charge in [0.1, 0.15) is 11.4 Å². The summed E-state index contributed by atoms with van der Waals surface area (Å²) in [6, 6.07) is 0. The van der Waals surface area contributed by atoms with Gasteiger partial charge in [-0.2, -0.15) is 13.2 Å². The van der Waals surface area contributed by atoms with Crippen LogP contribution in [0.2, 0.25) is 19.6 Å². The van der Waals surface area contributed by atoms with Gasteiger partial charge in [0.2, 0.25) is 0 Å². The van der Waals surface area contributed by atoms with Gasteiger partial charge in [0.05, 0.1) is 16.8 Å². The second-order valence-electron chi connectivity index (χ2n) is 30.0. The fraction of sp³-hybridized carbons (Fsp3) is 0.968. The van der Waals surface area contributed by atoms with E-state index in [9.17, 15) is 37.7 Å². The third-order valence-electron chi connectivity index (χ3n) is 23.1. The van der Waals surface area contributed by atoms with Gasteiger partial charge in [-0.1, -0.05) is 73.4 Å². The first kappa shape index (κ1) is 63.4. The van der Waals surface area contributed by atoms with Gasteiger partial charge in [-0.25, -0.2) is 4.39 Å². The predicted octanol–water partition coefficient (Wildman–Crippen LogP) is 17.4. The maximum absolute atomic E-state index is 12.1. The van der Waals surface area contributed by atoms with Crippen molar-refractivity contribution in [2.24, 2.45) is 92.7 Å². The average Bonchev–Trinajstić information content (AvgIpc) is 4.05. The molecule has 17 atom stereocenters. The molecule has 9 rings (SSSR count). The Morgan fingerprint density at radius 2 is 1.05 bits per heavy atom. The van der Waals surface area contributed by atoms with Crippen molar-refractivity contribution in [1.29, 1.82) is 0 Å². The monoisotopic (exact) mass is 1070 g/mol. The Balaban J connectivity index is 0.000000245. The highest BCUT2D eigenvalue weighted by Gasteiger charge is 2.63. The number of ether oxygens (including phenoxy) is 1. The molecule has 0 aromatic heterocycles. The summed E-state index contributed by atoms with van der Waals surface area (Å²) in [5.74, 6) is 6.52. The lowest BCUT2D eigenvalue weighted by Crippen LogP contribution is -2.55. The molecule has 0 aromatic rings. The number of aliphatic hydroxyl groups is 3. The van der Waals surface area contributed by atoms with Gasteiger partial charge < -0.3 is 20.1 Å². The number of fused-ring (bicyclic) bond motifs is 10. The second-order valence-corrected chi connectivity index (χ2v) is 35.3. The van der Waals surface area contributed by atoms with E-state index in [-0.39, 0.29) is 7.05 Å². The van der Waals surface area contributed by atoms with Crippen LogP contribution >= 0.6 is 12.2 Å². The summed E-state index contributed by atoms with van der Waals surface area (Å²) < 4.78 is 49.8. The number of ketones is 1. The van der Waals surface area contributed by atoms with E-state index in [2.05, 4.69) is 60.7 Å². The maximum atomic E-state index is 12.1. The fourth-order valence-electron chi connectivity index (χ4n) is 18.5. The van der Waals surface area contributed by atoms with Gasteiger partial charge in [-0.15, -0.1) is 0 Å². The molecule has 5 nitrogen and oxygen atoms in total.